The Morgan fingerprint density at radius 2 is 2.16 bits per heavy atom. The summed E-state index contributed by atoms with van der Waals surface area (Å²) in [6.07, 6.45) is 12.2. The van der Waals surface area contributed by atoms with Crippen LogP contribution in [0.3, 0.4) is 0 Å². The molecule has 0 saturated carbocycles. The van der Waals surface area contributed by atoms with Crippen molar-refractivity contribution >= 4 is 11.9 Å². The molecule has 2 N–H and O–H groups in total. The van der Waals surface area contributed by atoms with Gasteiger partial charge < -0.3 is 20.3 Å². The molecular formula is C19H34N4O2. The zero-order chi connectivity index (χ0) is 17.9. The van der Waals surface area contributed by atoms with Crippen molar-refractivity contribution in [2.45, 2.75) is 57.5 Å². The maximum atomic E-state index is 11.8. The number of allylic oxidation sites excluding steroid dienone is 1. The van der Waals surface area contributed by atoms with Crippen LogP contribution in [0.2, 0.25) is 0 Å². The number of carbonyl (C=O) groups excluding carboxylic acids is 1. The molecule has 1 aliphatic carbocycles. The van der Waals surface area contributed by atoms with E-state index in [-0.39, 0.29) is 18.6 Å². The van der Waals surface area contributed by atoms with Gasteiger partial charge in [0.1, 0.15) is 6.54 Å². The Balaban J connectivity index is 1.80. The molecule has 6 heteroatoms. The molecule has 0 aromatic rings. The number of ether oxygens (including phenoxy) is 1. The van der Waals surface area contributed by atoms with Crippen LogP contribution in [0.1, 0.15) is 51.4 Å². The van der Waals surface area contributed by atoms with E-state index in [0.29, 0.717) is 5.96 Å². The summed E-state index contributed by atoms with van der Waals surface area (Å²) in [6, 6.07) is 0. The van der Waals surface area contributed by atoms with Crippen molar-refractivity contribution in [3.8, 4) is 0 Å². The summed E-state index contributed by atoms with van der Waals surface area (Å²) in [5.41, 5.74) is 1.54. The lowest BCUT2D eigenvalue weighted by Gasteiger charge is -2.24. The number of likely N-dealkylation sites (N-methyl/N-ethyl adjacent to an activating group) is 1. The fourth-order valence-electron chi connectivity index (χ4n) is 3.11. The molecule has 1 aliphatic heterocycles. The first kappa shape index (κ1) is 19.8. The summed E-state index contributed by atoms with van der Waals surface area (Å²) < 4.78 is 5.76. The predicted octanol–water partition coefficient (Wildman–Crippen LogP) is 2.07. The summed E-state index contributed by atoms with van der Waals surface area (Å²) in [7, 11) is 3.51. The number of hydrogen-bond acceptors (Lipinski definition) is 3. The quantitative estimate of drug-likeness (QED) is 0.419. The smallest absolute Gasteiger partial charge is 0.243 e. The van der Waals surface area contributed by atoms with E-state index in [9.17, 15) is 4.79 Å². The zero-order valence-electron chi connectivity index (χ0n) is 15.9. The number of hydrogen-bond donors (Lipinski definition) is 2. The van der Waals surface area contributed by atoms with E-state index in [1.807, 2.05) is 0 Å². The Labute approximate surface area is 152 Å². The number of nitrogens with zero attached hydrogens (tertiary/aromatic N) is 2. The first-order chi connectivity index (χ1) is 12.1. The topological polar surface area (TPSA) is 66.0 Å². The Hall–Kier alpha value is -1.56. The molecule has 25 heavy (non-hydrogen) atoms. The molecule has 1 atom stereocenters. The van der Waals surface area contributed by atoms with Gasteiger partial charge >= 0.3 is 0 Å². The Morgan fingerprint density at radius 3 is 2.84 bits per heavy atom. The average Bonchev–Trinajstić information content (AvgIpc) is 2.64. The number of amides is 1. The van der Waals surface area contributed by atoms with Crippen molar-refractivity contribution in [1.29, 1.82) is 0 Å². The van der Waals surface area contributed by atoms with Crippen LogP contribution in [-0.4, -0.2) is 63.2 Å². The molecule has 142 valence electrons. The molecule has 0 spiro atoms. The van der Waals surface area contributed by atoms with Crippen LogP contribution >= 0.6 is 0 Å². The predicted molar refractivity (Wildman–Crippen MR) is 102 cm³/mol. The van der Waals surface area contributed by atoms with Gasteiger partial charge in [-0.3, -0.25) is 4.79 Å². The second-order valence-electron chi connectivity index (χ2n) is 7.11. The Morgan fingerprint density at radius 1 is 1.28 bits per heavy atom. The largest absolute Gasteiger partial charge is 0.376 e. The summed E-state index contributed by atoms with van der Waals surface area (Å²) in [6.45, 7) is 2.60. The van der Waals surface area contributed by atoms with Crippen LogP contribution < -0.4 is 10.6 Å². The average molecular weight is 351 g/mol. The van der Waals surface area contributed by atoms with Crippen molar-refractivity contribution < 1.29 is 9.53 Å². The minimum atomic E-state index is 0.00463. The van der Waals surface area contributed by atoms with E-state index < -0.39 is 0 Å². The highest BCUT2D eigenvalue weighted by Crippen LogP contribution is 2.19. The van der Waals surface area contributed by atoms with E-state index in [2.05, 4.69) is 21.7 Å². The van der Waals surface area contributed by atoms with Gasteiger partial charge in [0, 0.05) is 33.8 Å². The maximum absolute atomic E-state index is 11.8. The minimum Gasteiger partial charge on any atom is -0.376 e. The van der Waals surface area contributed by atoms with Crippen LogP contribution in [0.5, 0.6) is 0 Å². The molecule has 1 saturated heterocycles. The molecule has 1 amide bonds. The van der Waals surface area contributed by atoms with Gasteiger partial charge in [-0.15, -0.1) is 0 Å². The second kappa shape index (κ2) is 11.1. The van der Waals surface area contributed by atoms with Crippen LogP contribution in [0.25, 0.3) is 0 Å². The van der Waals surface area contributed by atoms with Gasteiger partial charge in [-0.05, 0) is 51.4 Å². The SMILES string of the molecule is CN(C)C(=O)CN=C(NCCC1=CCCCC1)NCC1CCCCO1. The third-order valence-electron chi connectivity index (χ3n) is 4.77. The number of rotatable bonds is 7. The van der Waals surface area contributed by atoms with Crippen LogP contribution in [0.4, 0.5) is 0 Å². The van der Waals surface area contributed by atoms with Crippen molar-refractivity contribution in [3.63, 3.8) is 0 Å². The van der Waals surface area contributed by atoms with E-state index in [4.69, 9.17) is 4.74 Å². The summed E-state index contributed by atoms with van der Waals surface area (Å²) >= 11 is 0. The van der Waals surface area contributed by atoms with Crippen molar-refractivity contribution in [3.05, 3.63) is 11.6 Å². The number of nitrogens with one attached hydrogen (secondary N) is 2. The van der Waals surface area contributed by atoms with Crippen LogP contribution in [-0.2, 0) is 9.53 Å². The normalized spacial score (nSPS) is 21.4. The number of aliphatic imine (C=N–C) groups is 1. The van der Waals surface area contributed by atoms with Crippen molar-refractivity contribution in [2.24, 2.45) is 4.99 Å². The zero-order valence-corrected chi connectivity index (χ0v) is 15.9. The lowest BCUT2D eigenvalue weighted by molar-refractivity contribution is -0.127. The van der Waals surface area contributed by atoms with Gasteiger partial charge in [0.25, 0.3) is 0 Å². The summed E-state index contributed by atoms with van der Waals surface area (Å²) in [4.78, 5) is 17.8. The first-order valence-electron chi connectivity index (χ1n) is 9.67. The second-order valence-corrected chi connectivity index (χ2v) is 7.11. The standard InChI is InChI=1S/C19H34N4O2/c1-23(2)18(24)15-22-19(21-14-17-10-6-7-13-25-17)20-12-11-16-8-4-3-5-9-16/h8,17H,3-7,9-15H2,1-2H3,(H2,20,21,22). The molecule has 0 bridgehead atoms. The maximum Gasteiger partial charge on any atom is 0.243 e. The van der Waals surface area contributed by atoms with Crippen molar-refractivity contribution in [2.75, 3.05) is 40.3 Å². The Bertz CT molecular complexity index is 468. The van der Waals surface area contributed by atoms with Crippen LogP contribution in [0.15, 0.2) is 16.6 Å². The molecular weight excluding hydrogens is 316 g/mol. The lowest BCUT2D eigenvalue weighted by atomic mass is 9.97. The van der Waals surface area contributed by atoms with Gasteiger partial charge in [0.05, 0.1) is 6.10 Å². The Kier molecular flexibility index (Phi) is 8.80. The van der Waals surface area contributed by atoms with Gasteiger partial charge in [0.2, 0.25) is 5.91 Å². The molecule has 0 aromatic heterocycles. The van der Waals surface area contributed by atoms with Gasteiger partial charge in [-0.25, -0.2) is 4.99 Å². The molecule has 6 nitrogen and oxygen atoms in total. The first-order valence-corrected chi connectivity index (χ1v) is 9.67. The van der Waals surface area contributed by atoms with Crippen molar-refractivity contribution in [1.82, 2.24) is 15.5 Å². The number of carbonyl (C=O) groups is 1. The van der Waals surface area contributed by atoms with E-state index in [1.54, 1.807) is 19.0 Å². The van der Waals surface area contributed by atoms with E-state index >= 15 is 0 Å². The fraction of sp³-hybridized carbons (Fsp3) is 0.789. The molecule has 2 rings (SSSR count). The van der Waals surface area contributed by atoms with E-state index in [0.717, 1.165) is 39.0 Å². The van der Waals surface area contributed by atoms with Gasteiger partial charge in [-0.2, -0.15) is 0 Å². The van der Waals surface area contributed by atoms with Gasteiger partial charge in [0.15, 0.2) is 5.96 Å². The molecule has 0 aromatic carbocycles. The lowest BCUT2D eigenvalue weighted by Crippen LogP contribution is -2.43. The third kappa shape index (κ3) is 7.90. The minimum absolute atomic E-state index is 0.00463. The molecule has 1 unspecified atom stereocenters. The van der Waals surface area contributed by atoms with Gasteiger partial charge in [-0.1, -0.05) is 11.6 Å². The summed E-state index contributed by atoms with van der Waals surface area (Å²) in [5, 5.41) is 6.72. The third-order valence-corrected chi connectivity index (χ3v) is 4.77. The highest BCUT2D eigenvalue weighted by molar-refractivity contribution is 5.84. The van der Waals surface area contributed by atoms with Crippen LogP contribution in [0, 0.1) is 0 Å². The highest BCUT2D eigenvalue weighted by Gasteiger charge is 2.14. The monoisotopic (exact) mass is 350 g/mol. The number of guanidine groups is 1. The molecule has 2 aliphatic rings. The van der Waals surface area contributed by atoms with E-state index in [1.165, 1.54) is 37.7 Å². The fourth-order valence-corrected chi connectivity index (χ4v) is 3.11. The molecule has 1 heterocycles. The molecule has 0 radical (unpaired) electrons. The highest BCUT2D eigenvalue weighted by atomic mass is 16.5. The molecule has 1 fully saturated rings. The summed E-state index contributed by atoms with van der Waals surface area (Å²) in [5.74, 6) is 0.714.